The Morgan fingerprint density at radius 3 is 2.75 bits per heavy atom. The molecule has 0 N–H and O–H groups in total. The molecule has 0 aromatic heterocycles. The maximum Gasteiger partial charge on any atom is 0.236 e. The van der Waals surface area contributed by atoms with Crippen LogP contribution in [0, 0.1) is 25.2 Å². The van der Waals surface area contributed by atoms with E-state index in [1.54, 1.807) is 11.9 Å². The number of nitriles is 1. The van der Waals surface area contributed by atoms with Gasteiger partial charge in [-0.05, 0) is 43.9 Å². The highest BCUT2D eigenvalue weighted by Crippen LogP contribution is 2.23. The van der Waals surface area contributed by atoms with Crippen LogP contribution < -0.4 is 4.74 Å². The van der Waals surface area contributed by atoms with Crippen molar-refractivity contribution in [3.8, 4) is 11.8 Å². The molecule has 1 aliphatic rings. The number of carbonyl (C=O) groups excluding carboxylic acids is 1. The van der Waals surface area contributed by atoms with Gasteiger partial charge < -0.3 is 9.64 Å². The lowest BCUT2D eigenvalue weighted by atomic mass is 10.1. The summed E-state index contributed by atoms with van der Waals surface area (Å²) in [5, 5.41) is 8.59. The predicted octanol–water partition coefficient (Wildman–Crippen LogP) is 2.52. The van der Waals surface area contributed by atoms with E-state index >= 15 is 0 Å². The van der Waals surface area contributed by atoms with E-state index in [-0.39, 0.29) is 12.0 Å². The summed E-state index contributed by atoms with van der Waals surface area (Å²) >= 11 is 0. The first-order chi connectivity index (χ1) is 11.5. The zero-order valence-corrected chi connectivity index (χ0v) is 14.9. The van der Waals surface area contributed by atoms with E-state index in [0.29, 0.717) is 19.5 Å². The third-order valence-electron chi connectivity index (χ3n) is 4.52. The number of carbonyl (C=O) groups is 1. The van der Waals surface area contributed by atoms with Crippen molar-refractivity contribution in [2.24, 2.45) is 0 Å². The monoisotopic (exact) mass is 329 g/mol. The summed E-state index contributed by atoms with van der Waals surface area (Å²) in [6.45, 7) is 6.81. The highest BCUT2D eigenvalue weighted by atomic mass is 16.5. The van der Waals surface area contributed by atoms with Gasteiger partial charge in [-0.25, -0.2) is 0 Å². The average Bonchev–Trinajstić information content (AvgIpc) is 2.57. The molecule has 1 fully saturated rings. The number of likely N-dealkylation sites (tertiary alicyclic amines) is 1. The average molecular weight is 329 g/mol. The molecule has 5 heteroatoms. The second kappa shape index (κ2) is 8.70. The minimum absolute atomic E-state index is 0.0825. The van der Waals surface area contributed by atoms with Gasteiger partial charge in [-0.3, -0.25) is 9.69 Å². The molecule has 5 nitrogen and oxygen atoms in total. The predicted molar refractivity (Wildman–Crippen MR) is 93.9 cm³/mol. The normalized spacial score (nSPS) is 15.8. The van der Waals surface area contributed by atoms with Crippen molar-refractivity contribution in [1.82, 2.24) is 9.80 Å². The summed E-state index contributed by atoms with van der Waals surface area (Å²) in [5.74, 6) is 1.06. The zero-order valence-electron chi connectivity index (χ0n) is 14.9. The van der Waals surface area contributed by atoms with E-state index in [2.05, 4.69) is 43.0 Å². The quantitative estimate of drug-likeness (QED) is 0.805. The Morgan fingerprint density at radius 2 is 2.08 bits per heavy atom. The van der Waals surface area contributed by atoms with Crippen molar-refractivity contribution in [2.45, 2.75) is 39.2 Å². The molecular formula is C19H27N3O2. The van der Waals surface area contributed by atoms with Crippen LogP contribution in [0.4, 0.5) is 0 Å². The topological polar surface area (TPSA) is 56.6 Å². The van der Waals surface area contributed by atoms with Crippen LogP contribution in [0.15, 0.2) is 18.2 Å². The molecule has 1 saturated heterocycles. The molecule has 1 aromatic carbocycles. The van der Waals surface area contributed by atoms with Gasteiger partial charge in [0.1, 0.15) is 11.9 Å². The summed E-state index contributed by atoms with van der Waals surface area (Å²) < 4.78 is 6.16. The van der Waals surface area contributed by atoms with Crippen LogP contribution in [0.25, 0.3) is 0 Å². The number of piperidine rings is 1. The number of amides is 1. The van der Waals surface area contributed by atoms with E-state index in [9.17, 15) is 4.79 Å². The molecule has 0 bridgehead atoms. The Bertz CT molecular complexity index is 601. The van der Waals surface area contributed by atoms with Crippen molar-refractivity contribution in [3.63, 3.8) is 0 Å². The first-order valence-corrected chi connectivity index (χ1v) is 8.56. The number of rotatable bonds is 6. The van der Waals surface area contributed by atoms with E-state index in [0.717, 1.165) is 37.2 Å². The van der Waals surface area contributed by atoms with Crippen molar-refractivity contribution in [3.05, 3.63) is 29.3 Å². The fourth-order valence-electron chi connectivity index (χ4n) is 2.85. The second-order valence-corrected chi connectivity index (χ2v) is 6.59. The van der Waals surface area contributed by atoms with Crippen LogP contribution in [-0.2, 0) is 4.79 Å². The molecule has 24 heavy (non-hydrogen) atoms. The SMILES string of the molecule is Cc1ccc(C)c(OC2CCN(CC(=O)N(C)CCC#N)CC2)c1. The number of aryl methyl sites for hydroxylation is 2. The van der Waals surface area contributed by atoms with Gasteiger partial charge in [0.05, 0.1) is 19.0 Å². The van der Waals surface area contributed by atoms with Gasteiger partial charge in [0, 0.05) is 26.7 Å². The van der Waals surface area contributed by atoms with Crippen molar-refractivity contribution in [2.75, 3.05) is 33.2 Å². The van der Waals surface area contributed by atoms with Gasteiger partial charge in [-0.15, -0.1) is 0 Å². The van der Waals surface area contributed by atoms with Gasteiger partial charge in [-0.2, -0.15) is 5.26 Å². The minimum atomic E-state index is 0.0825. The van der Waals surface area contributed by atoms with Crippen LogP contribution in [0.3, 0.4) is 0 Å². The third kappa shape index (κ3) is 5.24. The van der Waals surface area contributed by atoms with E-state index in [1.807, 2.05) is 0 Å². The fraction of sp³-hybridized carbons (Fsp3) is 0.579. The van der Waals surface area contributed by atoms with Crippen LogP contribution in [-0.4, -0.2) is 55.0 Å². The highest BCUT2D eigenvalue weighted by Gasteiger charge is 2.23. The van der Waals surface area contributed by atoms with Gasteiger partial charge in [0.25, 0.3) is 0 Å². The van der Waals surface area contributed by atoms with Gasteiger partial charge in [0.15, 0.2) is 0 Å². The molecule has 1 amide bonds. The van der Waals surface area contributed by atoms with Gasteiger partial charge in [-0.1, -0.05) is 12.1 Å². The molecule has 0 radical (unpaired) electrons. The number of likely N-dealkylation sites (N-methyl/N-ethyl adjacent to an activating group) is 1. The lowest BCUT2D eigenvalue weighted by Crippen LogP contribution is -2.44. The lowest BCUT2D eigenvalue weighted by Gasteiger charge is -2.32. The van der Waals surface area contributed by atoms with Crippen LogP contribution in [0.1, 0.15) is 30.4 Å². The molecule has 1 aromatic rings. The van der Waals surface area contributed by atoms with Crippen molar-refractivity contribution >= 4 is 5.91 Å². The first-order valence-electron chi connectivity index (χ1n) is 8.56. The largest absolute Gasteiger partial charge is 0.490 e. The molecule has 0 unspecified atom stereocenters. The second-order valence-electron chi connectivity index (χ2n) is 6.59. The Kier molecular flexibility index (Phi) is 6.62. The molecule has 0 spiro atoms. The highest BCUT2D eigenvalue weighted by molar-refractivity contribution is 5.78. The number of hydrogen-bond donors (Lipinski definition) is 0. The lowest BCUT2D eigenvalue weighted by molar-refractivity contribution is -0.131. The number of nitrogens with zero attached hydrogens (tertiary/aromatic N) is 3. The van der Waals surface area contributed by atoms with Crippen molar-refractivity contribution < 1.29 is 9.53 Å². The smallest absolute Gasteiger partial charge is 0.236 e. The minimum Gasteiger partial charge on any atom is -0.490 e. The number of benzene rings is 1. The number of ether oxygens (including phenoxy) is 1. The van der Waals surface area contributed by atoms with E-state index < -0.39 is 0 Å². The molecule has 0 saturated carbocycles. The standard InChI is InChI=1S/C19H27N3O2/c1-15-5-6-16(2)18(13-15)24-17-7-11-22(12-8-17)14-19(23)21(3)10-4-9-20/h5-6,13,17H,4,7-8,10-12,14H2,1-3H3. The zero-order chi connectivity index (χ0) is 17.5. The summed E-state index contributed by atoms with van der Waals surface area (Å²) in [7, 11) is 1.76. The fourth-order valence-corrected chi connectivity index (χ4v) is 2.85. The van der Waals surface area contributed by atoms with E-state index in [1.165, 1.54) is 5.56 Å². The molecule has 130 valence electrons. The van der Waals surface area contributed by atoms with Crippen molar-refractivity contribution in [1.29, 1.82) is 5.26 Å². The van der Waals surface area contributed by atoms with Gasteiger partial charge >= 0.3 is 0 Å². The van der Waals surface area contributed by atoms with Crippen LogP contribution in [0.5, 0.6) is 5.75 Å². The summed E-state index contributed by atoms with van der Waals surface area (Å²) in [5.41, 5.74) is 2.37. The summed E-state index contributed by atoms with van der Waals surface area (Å²) in [4.78, 5) is 15.9. The molecule has 2 rings (SSSR count). The molecule has 1 heterocycles. The van der Waals surface area contributed by atoms with Crippen LogP contribution >= 0.6 is 0 Å². The number of hydrogen-bond acceptors (Lipinski definition) is 4. The molecule has 0 aliphatic carbocycles. The molecule has 1 aliphatic heterocycles. The Hall–Kier alpha value is -2.06. The Balaban J connectivity index is 1.78. The summed E-state index contributed by atoms with van der Waals surface area (Å²) in [6.07, 6.45) is 2.47. The molecular weight excluding hydrogens is 302 g/mol. The summed E-state index contributed by atoms with van der Waals surface area (Å²) in [6, 6.07) is 8.35. The maximum atomic E-state index is 12.1. The van der Waals surface area contributed by atoms with Crippen LogP contribution in [0.2, 0.25) is 0 Å². The Labute approximate surface area is 144 Å². The maximum absolute atomic E-state index is 12.1. The third-order valence-corrected chi connectivity index (χ3v) is 4.52. The first kappa shape index (κ1) is 18.3. The molecule has 0 atom stereocenters. The van der Waals surface area contributed by atoms with E-state index in [4.69, 9.17) is 10.00 Å². The van der Waals surface area contributed by atoms with Gasteiger partial charge in [0.2, 0.25) is 5.91 Å². The Morgan fingerprint density at radius 1 is 1.38 bits per heavy atom.